The van der Waals surface area contributed by atoms with Crippen molar-refractivity contribution in [1.82, 2.24) is 15.3 Å². The van der Waals surface area contributed by atoms with E-state index in [0.717, 1.165) is 12.1 Å². The molecule has 0 fully saturated rings. The van der Waals surface area contributed by atoms with Crippen LogP contribution in [0.5, 0.6) is 0 Å². The summed E-state index contributed by atoms with van der Waals surface area (Å²) >= 11 is 0. The van der Waals surface area contributed by atoms with E-state index in [1.54, 1.807) is 0 Å². The zero-order valence-corrected chi connectivity index (χ0v) is 12.7. The van der Waals surface area contributed by atoms with E-state index in [4.69, 9.17) is 0 Å². The van der Waals surface area contributed by atoms with Crippen molar-refractivity contribution >= 4 is 5.91 Å². The fraction of sp³-hybridized carbons (Fsp3) is 0.267. The SMILES string of the molecule is Cc1nc(C(=O)N[C@H](C)c2ccc(C(F)(F)F)c(F)c2)cc(=O)[nH]1. The van der Waals surface area contributed by atoms with Gasteiger partial charge in [0.15, 0.2) is 0 Å². The van der Waals surface area contributed by atoms with E-state index in [-0.39, 0.29) is 17.1 Å². The number of halogens is 4. The van der Waals surface area contributed by atoms with Crippen molar-refractivity contribution in [2.24, 2.45) is 0 Å². The van der Waals surface area contributed by atoms with Gasteiger partial charge in [0.25, 0.3) is 11.5 Å². The number of H-pyrrole nitrogens is 1. The number of carbonyl (C=O) groups excluding carboxylic acids is 1. The normalized spacial score (nSPS) is 12.8. The minimum Gasteiger partial charge on any atom is -0.344 e. The van der Waals surface area contributed by atoms with E-state index in [0.29, 0.717) is 12.1 Å². The molecule has 24 heavy (non-hydrogen) atoms. The van der Waals surface area contributed by atoms with Crippen LogP contribution in [0, 0.1) is 12.7 Å². The van der Waals surface area contributed by atoms with Crippen LogP contribution in [-0.2, 0) is 6.18 Å². The Kier molecular flexibility index (Phi) is 4.72. The Morgan fingerprint density at radius 1 is 1.29 bits per heavy atom. The topological polar surface area (TPSA) is 74.8 Å². The minimum atomic E-state index is -4.79. The maximum Gasteiger partial charge on any atom is 0.419 e. The lowest BCUT2D eigenvalue weighted by molar-refractivity contribution is -0.140. The highest BCUT2D eigenvalue weighted by Crippen LogP contribution is 2.32. The number of nitrogens with zero attached hydrogens (tertiary/aromatic N) is 1. The third-order valence-corrected chi connectivity index (χ3v) is 3.24. The van der Waals surface area contributed by atoms with Crippen molar-refractivity contribution in [2.45, 2.75) is 26.1 Å². The van der Waals surface area contributed by atoms with Crippen LogP contribution in [0.25, 0.3) is 0 Å². The average Bonchev–Trinajstić information content (AvgIpc) is 2.44. The molecule has 0 aliphatic rings. The fourth-order valence-electron chi connectivity index (χ4n) is 2.08. The maximum atomic E-state index is 13.6. The first-order valence-electron chi connectivity index (χ1n) is 6.83. The first-order valence-corrected chi connectivity index (χ1v) is 6.83. The number of carbonyl (C=O) groups is 1. The van der Waals surface area contributed by atoms with Crippen molar-refractivity contribution in [3.8, 4) is 0 Å². The number of amides is 1. The Morgan fingerprint density at radius 3 is 2.50 bits per heavy atom. The molecule has 1 aromatic carbocycles. The lowest BCUT2D eigenvalue weighted by Gasteiger charge is -2.16. The average molecular weight is 343 g/mol. The van der Waals surface area contributed by atoms with Crippen LogP contribution in [-0.4, -0.2) is 15.9 Å². The Morgan fingerprint density at radius 2 is 1.96 bits per heavy atom. The Balaban J connectivity index is 2.20. The molecule has 0 saturated heterocycles. The molecule has 0 bridgehead atoms. The molecule has 2 aromatic rings. The molecule has 1 amide bonds. The standard InChI is InChI=1S/C15H13F4N3O2/c1-7(9-3-4-10(11(16)5-9)15(17,18)19)20-14(24)12-6-13(23)22-8(2)21-12/h3-7H,1-2H3,(H,20,24)(H,21,22,23)/t7-/m1/s1. The molecule has 0 aliphatic carbocycles. The van der Waals surface area contributed by atoms with Crippen LogP contribution in [0.4, 0.5) is 17.6 Å². The smallest absolute Gasteiger partial charge is 0.344 e. The van der Waals surface area contributed by atoms with Gasteiger partial charge in [0.05, 0.1) is 11.6 Å². The van der Waals surface area contributed by atoms with E-state index in [1.165, 1.54) is 13.8 Å². The summed E-state index contributed by atoms with van der Waals surface area (Å²) in [5.41, 5.74) is -1.89. The number of hydrogen-bond acceptors (Lipinski definition) is 3. The second-order valence-corrected chi connectivity index (χ2v) is 5.15. The molecule has 0 saturated carbocycles. The number of aromatic nitrogens is 2. The molecular weight excluding hydrogens is 330 g/mol. The van der Waals surface area contributed by atoms with Gasteiger partial charge in [-0.15, -0.1) is 0 Å². The summed E-state index contributed by atoms with van der Waals surface area (Å²) < 4.78 is 51.2. The Bertz CT molecular complexity index is 830. The van der Waals surface area contributed by atoms with Gasteiger partial charge < -0.3 is 10.3 Å². The first kappa shape index (κ1) is 17.6. The molecule has 2 rings (SSSR count). The number of rotatable bonds is 3. The Labute approximate surface area is 133 Å². The van der Waals surface area contributed by atoms with E-state index in [9.17, 15) is 27.2 Å². The van der Waals surface area contributed by atoms with Crippen LogP contribution in [0.1, 0.15) is 40.4 Å². The van der Waals surface area contributed by atoms with Crippen molar-refractivity contribution in [3.05, 3.63) is 63.1 Å². The summed E-state index contributed by atoms with van der Waals surface area (Å²) in [7, 11) is 0. The number of benzene rings is 1. The molecule has 0 spiro atoms. The van der Waals surface area contributed by atoms with Gasteiger partial charge in [0.1, 0.15) is 17.3 Å². The predicted molar refractivity (Wildman–Crippen MR) is 76.9 cm³/mol. The molecule has 2 N–H and O–H groups in total. The Hall–Kier alpha value is -2.71. The molecular formula is C15H13F4N3O2. The molecule has 128 valence electrons. The number of alkyl halides is 3. The number of aryl methyl sites for hydroxylation is 1. The van der Waals surface area contributed by atoms with Gasteiger partial charge >= 0.3 is 6.18 Å². The highest BCUT2D eigenvalue weighted by molar-refractivity contribution is 5.92. The maximum absolute atomic E-state index is 13.6. The van der Waals surface area contributed by atoms with Crippen LogP contribution in [0.2, 0.25) is 0 Å². The van der Waals surface area contributed by atoms with Crippen LogP contribution in [0.15, 0.2) is 29.1 Å². The number of aromatic amines is 1. The molecule has 0 radical (unpaired) electrons. The summed E-state index contributed by atoms with van der Waals surface area (Å²) in [6.07, 6.45) is -4.79. The summed E-state index contributed by atoms with van der Waals surface area (Å²) in [6, 6.07) is 2.61. The van der Waals surface area contributed by atoms with Crippen molar-refractivity contribution < 1.29 is 22.4 Å². The zero-order valence-electron chi connectivity index (χ0n) is 12.7. The van der Waals surface area contributed by atoms with Crippen LogP contribution < -0.4 is 10.9 Å². The summed E-state index contributed by atoms with van der Waals surface area (Å²) in [6.45, 7) is 2.97. The van der Waals surface area contributed by atoms with Gasteiger partial charge in [-0.25, -0.2) is 9.37 Å². The van der Waals surface area contributed by atoms with E-state index < -0.39 is 35.1 Å². The second kappa shape index (κ2) is 6.42. The molecule has 0 unspecified atom stereocenters. The van der Waals surface area contributed by atoms with Crippen LogP contribution in [0.3, 0.4) is 0 Å². The number of nitrogens with one attached hydrogen (secondary N) is 2. The largest absolute Gasteiger partial charge is 0.419 e. The van der Waals surface area contributed by atoms with E-state index in [2.05, 4.69) is 15.3 Å². The quantitative estimate of drug-likeness (QED) is 0.842. The minimum absolute atomic E-state index is 0.143. The lowest BCUT2D eigenvalue weighted by Crippen LogP contribution is -2.29. The molecule has 0 aliphatic heterocycles. The van der Waals surface area contributed by atoms with Gasteiger partial charge in [0.2, 0.25) is 0 Å². The lowest BCUT2D eigenvalue weighted by atomic mass is 10.0. The van der Waals surface area contributed by atoms with Gasteiger partial charge in [-0.1, -0.05) is 6.07 Å². The van der Waals surface area contributed by atoms with Gasteiger partial charge in [-0.3, -0.25) is 9.59 Å². The predicted octanol–water partition coefficient (Wildman–Crippen LogP) is 2.73. The van der Waals surface area contributed by atoms with Gasteiger partial charge in [-0.2, -0.15) is 13.2 Å². The summed E-state index contributed by atoms with van der Waals surface area (Å²) in [4.78, 5) is 29.6. The fourth-order valence-corrected chi connectivity index (χ4v) is 2.08. The second-order valence-electron chi connectivity index (χ2n) is 5.15. The summed E-state index contributed by atoms with van der Waals surface area (Å²) in [5.74, 6) is -1.89. The van der Waals surface area contributed by atoms with E-state index in [1.807, 2.05) is 0 Å². The first-order chi connectivity index (χ1) is 11.1. The molecule has 1 heterocycles. The van der Waals surface area contributed by atoms with Gasteiger partial charge in [-0.05, 0) is 31.5 Å². The third kappa shape index (κ3) is 3.98. The molecule has 9 heteroatoms. The molecule has 5 nitrogen and oxygen atoms in total. The van der Waals surface area contributed by atoms with E-state index >= 15 is 0 Å². The highest BCUT2D eigenvalue weighted by atomic mass is 19.4. The third-order valence-electron chi connectivity index (χ3n) is 3.24. The molecule has 1 aromatic heterocycles. The highest BCUT2D eigenvalue weighted by Gasteiger charge is 2.34. The summed E-state index contributed by atoms with van der Waals surface area (Å²) in [5, 5.41) is 2.45. The van der Waals surface area contributed by atoms with Gasteiger partial charge in [0, 0.05) is 6.07 Å². The monoisotopic (exact) mass is 343 g/mol. The zero-order chi connectivity index (χ0) is 18.1. The van der Waals surface area contributed by atoms with Crippen molar-refractivity contribution in [3.63, 3.8) is 0 Å². The van der Waals surface area contributed by atoms with Crippen LogP contribution >= 0.6 is 0 Å². The number of hydrogen-bond donors (Lipinski definition) is 2. The van der Waals surface area contributed by atoms with Crippen molar-refractivity contribution in [2.75, 3.05) is 0 Å². The van der Waals surface area contributed by atoms with Crippen molar-refractivity contribution in [1.29, 1.82) is 0 Å². The molecule has 1 atom stereocenters.